The Bertz CT molecular complexity index is 1330. The Hall–Kier alpha value is -2.97. The standard InChI is InChI=1S/C28H25NS/c1-18(2)19(3)21-13-14-29-26(16-21)23-9-11-24-25-15-22(20-7-5-4-6-8-20)10-12-27(25)30-28(24)17-23/h4-19H,1-3H3. The molecule has 148 valence electrons. The van der Waals surface area contributed by atoms with Crippen LogP contribution < -0.4 is 0 Å². The van der Waals surface area contributed by atoms with E-state index in [1.807, 2.05) is 17.5 Å². The Labute approximate surface area is 182 Å². The van der Waals surface area contributed by atoms with Crippen LogP contribution in [0.2, 0.25) is 0 Å². The molecule has 0 radical (unpaired) electrons. The van der Waals surface area contributed by atoms with Gasteiger partial charge in [0.2, 0.25) is 0 Å². The Morgan fingerprint density at radius 3 is 2.27 bits per heavy atom. The third-order valence-corrected chi connectivity index (χ3v) is 7.32. The van der Waals surface area contributed by atoms with Crippen molar-refractivity contribution in [3.05, 3.63) is 90.6 Å². The van der Waals surface area contributed by atoms with Crippen molar-refractivity contribution in [2.45, 2.75) is 26.7 Å². The van der Waals surface area contributed by atoms with Crippen LogP contribution in [0, 0.1) is 5.92 Å². The molecular formula is C28H25NS. The monoisotopic (exact) mass is 407 g/mol. The van der Waals surface area contributed by atoms with Gasteiger partial charge in [-0.2, -0.15) is 0 Å². The van der Waals surface area contributed by atoms with Gasteiger partial charge in [0, 0.05) is 31.9 Å². The van der Waals surface area contributed by atoms with Crippen LogP contribution in [0.15, 0.2) is 85.1 Å². The van der Waals surface area contributed by atoms with E-state index >= 15 is 0 Å². The minimum atomic E-state index is 0.524. The fraction of sp³-hybridized carbons (Fsp3) is 0.179. The second kappa shape index (κ2) is 7.70. The van der Waals surface area contributed by atoms with Crippen LogP contribution in [0.1, 0.15) is 32.3 Å². The van der Waals surface area contributed by atoms with E-state index in [4.69, 9.17) is 0 Å². The van der Waals surface area contributed by atoms with Crippen molar-refractivity contribution in [2.75, 3.05) is 0 Å². The van der Waals surface area contributed by atoms with Crippen LogP contribution in [0.5, 0.6) is 0 Å². The zero-order chi connectivity index (χ0) is 20.7. The van der Waals surface area contributed by atoms with Crippen molar-refractivity contribution in [3.8, 4) is 22.4 Å². The summed E-state index contributed by atoms with van der Waals surface area (Å²) in [6, 6.07) is 28.6. The number of fused-ring (bicyclic) bond motifs is 3. The summed E-state index contributed by atoms with van der Waals surface area (Å²) < 4.78 is 2.65. The molecule has 0 N–H and O–H groups in total. The van der Waals surface area contributed by atoms with Gasteiger partial charge in [-0.1, -0.05) is 69.3 Å². The number of benzene rings is 3. The van der Waals surface area contributed by atoms with Gasteiger partial charge in [-0.3, -0.25) is 4.98 Å². The van der Waals surface area contributed by atoms with Gasteiger partial charge in [0.15, 0.2) is 0 Å². The Morgan fingerprint density at radius 1 is 0.667 bits per heavy atom. The summed E-state index contributed by atoms with van der Waals surface area (Å²) in [6.45, 7) is 6.85. The average Bonchev–Trinajstić information content (AvgIpc) is 3.16. The molecule has 0 fully saturated rings. The molecular weight excluding hydrogens is 382 g/mol. The van der Waals surface area contributed by atoms with Gasteiger partial charge in [-0.15, -0.1) is 11.3 Å². The van der Waals surface area contributed by atoms with E-state index in [0.29, 0.717) is 11.8 Å². The molecule has 2 aromatic heterocycles. The maximum atomic E-state index is 4.67. The van der Waals surface area contributed by atoms with Gasteiger partial charge < -0.3 is 0 Å². The predicted octanol–water partition coefficient (Wildman–Crippen LogP) is 8.54. The number of rotatable bonds is 4. The first-order chi connectivity index (χ1) is 14.6. The van der Waals surface area contributed by atoms with Crippen molar-refractivity contribution in [1.82, 2.24) is 4.98 Å². The van der Waals surface area contributed by atoms with E-state index in [-0.39, 0.29) is 0 Å². The van der Waals surface area contributed by atoms with Gasteiger partial charge in [-0.25, -0.2) is 0 Å². The lowest BCUT2D eigenvalue weighted by Crippen LogP contribution is -2.02. The van der Waals surface area contributed by atoms with E-state index in [1.165, 1.54) is 42.4 Å². The molecule has 2 heteroatoms. The van der Waals surface area contributed by atoms with Gasteiger partial charge in [0.05, 0.1) is 5.69 Å². The maximum absolute atomic E-state index is 4.67. The molecule has 1 nitrogen and oxygen atoms in total. The van der Waals surface area contributed by atoms with Crippen LogP contribution in [-0.2, 0) is 0 Å². The zero-order valence-electron chi connectivity index (χ0n) is 17.6. The van der Waals surface area contributed by atoms with Crippen molar-refractivity contribution >= 4 is 31.5 Å². The molecule has 5 aromatic rings. The molecule has 1 unspecified atom stereocenters. The predicted molar refractivity (Wildman–Crippen MR) is 131 cm³/mol. The molecule has 0 bridgehead atoms. The fourth-order valence-corrected chi connectivity index (χ4v) is 5.15. The normalized spacial score (nSPS) is 12.7. The van der Waals surface area contributed by atoms with Crippen LogP contribution in [0.3, 0.4) is 0 Å². The van der Waals surface area contributed by atoms with E-state index in [1.54, 1.807) is 0 Å². The lowest BCUT2D eigenvalue weighted by Gasteiger charge is -2.16. The largest absolute Gasteiger partial charge is 0.256 e. The molecule has 0 saturated carbocycles. The third-order valence-electron chi connectivity index (χ3n) is 6.18. The van der Waals surface area contributed by atoms with Gasteiger partial charge in [-0.05, 0) is 58.9 Å². The van der Waals surface area contributed by atoms with Crippen molar-refractivity contribution < 1.29 is 0 Å². The molecule has 0 aliphatic carbocycles. The number of nitrogens with zero attached hydrogens (tertiary/aromatic N) is 1. The Morgan fingerprint density at radius 2 is 1.47 bits per heavy atom. The molecule has 0 amide bonds. The van der Waals surface area contributed by atoms with Crippen LogP contribution in [0.25, 0.3) is 42.6 Å². The molecule has 1 atom stereocenters. The fourth-order valence-electron chi connectivity index (χ4n) is 4.02. The molecule has 0 saturated heterocycles. The number of aromatic nitrogens is 1. The minimum Gasteiger partial charge on any atom is -0.256 e. The minimum absolute atomic E-state index is 0.524. The first-order valence-electron chi connectivity index (χ1n) is 10.6. The first-order valence-corrected chi connectivity index (χ1v) is 11.4. The molecule has 3 aromatic carbocycles. The lowest BCUT2D eigenvalue weighted by molar-refractivity contribution is 0.535. The topological polar surface area (TPSA) is 12.9 Å². The Balaban J connectivity index is 1.58. The number of thiophene rings is 1. The summed E-state index contributed by atoms with van der Waals surface area (Å²) in [4.78, 5) is 4.67. The third kappa shape index (κ3) is 3.42. The second-order valence-electron chi connectivity index (χ2n) is 8.40. The molecule has 0 spiro atoms. The summed E-state index contributed by atoms with van der Waals surface area (Å²) in [7, 11) is 0. The molecule has 0 aliphatic heterocycles. The van der Waals surface area contributed by atoms with Crippen LogP contribution in [-0.4, -0.2) is 4.98 Å². The number of hydrogen-bond donors (Lipinski definition) is 0. The van der Waals surface area contributed by atoms with Crippen molar-refractivity contribution in [1.29, 1.82) is 0 Å². The molecule has 0 aliphatic rings. The van der Waals surface area contributed by atoms with E-state index in [2.05, 4.69) is 105 Å². The molecule has 30 heavy (non-hydrogen) atoms. The summed E-state index contributed by atoms with van der Waals surface area (Å²) in [6.07, 6.45) is 1.95. The van der Waals surface area contributed by atoms with Gasteiger partial charge in [0.25, 0.3) is 0 Å². The van der Waals surface area contributed by atoms with Gasteiger partial charge >= 0.3 is 0 Å². The highest BCUT2D eigenvalue weighted by Crippen LogP contribution is 2.38. The van der Waals surface area contributed by atoms with E-state index < -0.39 is 0 Å². The SMILES string of the molecule is CC(C)C(C)c1ccnc(-c2ccc3c(c2)sc2ccc(-c4ccccc4)cc23)c1. The molecule has 5 rings (SSSR count). The Kier molecular flexibility index (Phi) is 4.88. The highest BCUT2D eigenvalue weighted by Gasteiger charge is 2.13. The summed E-state index contributed by atoms with van der Waals surface area (Å²) in [5.41, 5.74) is 6.14. The number of pyridine rings is 1. The van der Waals surface area contributed by atoms with Crippen molar-refractivity contribution in [2.24, 2.45) is 5.92 Å². The smallest absolute Gasteiger partial charge is 0.0705 e. The van der Waals surface area contributed by atoms with Crippen LogP contribution >= 0.6 is 11.3 Å². The lowest BCUT2D eigenvalue weighted by atomic mass is 9.90. The highest BCUT2D eigenvalue weighted by atomic mass is 32.1. The summed E-state index contributed by atoms with van der Waals surface area (Å²) in [5.74, 6) is 1.14. The van der Waals surface area contributed by atoms with E-state index in [9.17, 15) is 0 Å². The average molecular weight is 408 g/mol. The summed E-state index contributed by atoms with van der Waals surface area (Å²) in [5, 5.41) is 2.65. The first kappa shape index (κ1) is 19.0. The quantitative estimate of drug-likeness (QED) is 0.291. The zero-order valence-corrected chi connectivity index (χ0v) is 18.4. The summed E-state index contributed by atoms with van der Waals surface area (Å²) >= 11 is 1.86. The van der Waals surface area contributed by atoms with Crippen molar-refractivity contribution in [3.63, 3.8) is 0 Å². The molecule has 2 heterocycles. The highest BCUT2D eigenvalue weighted by molar-refractivity contribution is 7.25. The van der Waals surface area contributed by atoms with Crippen LogP contribution in [0.4, 0.5) is 0 Å². The second-order valence-corrected chi connectivity index (χ2v) is 9.48. The van der Waals surface area contributed by atoms with E-state index in [0.717, 1.165) is 5.69 Å². The van der Waals surface area contributed by atoms with Gasteiger partial charge in [0.1, 0.15) is 0 Å². The maximum Gasteiger partial charge on any atom is 0.0705 e. The number of hydrogen-bond acceptors (Lipinski definition) is 2.